The largest absolute Gasteiger partial charge is 0.493 e. The van der Waals surface area contributed by atoms with Crippen molar-refractivity contribution >= 4 is 17.5 Å². The summed E-state index contributed by atoms with van der Waals surface area (Å²) in [5.41, 5.74) is 7.56. The molecule has 2 aliphatic heterocycles. The molecule has 5 aromatic rings. The Balaban J connectivity index is 1.17. The van der Waals surface area contributed by atoms with Crippen LogP contribution in [0.15, 0.2) is 121 Å². The van der Waals surface area contributed by atoms with E-state index < -0.39 is 24.5 Å². The second kappa shape index (κ2) is 18.0. The number of fused-ring (bicyclic) bond motifs is 1. The third-order valence-electron chi connectivity index (χ3n) is 10.7. The van der Waals surface area contributed by atoms with Gasteiger partial charge in [0.1, 0.15) is 0 Å². The Morgan fingerprint density at radius 2 is 1.46 bits per heavy atom. The summed E-state index contributed by atoms with van der Waals surface area (Å²) in [5, 5.41) is 15.6. The molecule has 0 aliphatic carbocycles. The second-order valence-electron chi connectivity index (χ2n) is 14.4. The van der Waals surface area contributed by atoms with Gasteiger partial charge in [-0.1, -0.05) is 97.1 Å². The highest BCUT2D eigenvalue weighted by molar-refractivity contribution is 5.93. The van der Waals surface area contributed by atoms with Gasteiger partial charge in [0.15, 0.2) is 23.6 Å². The Bertz CT molecular complexity index is 2090. The number of urea groups is 1. The van der Waals surface area contributed by atoms with Gasteiger partial charge in [-0.05, 0) is 77.4 Å². The standard InChI is InChI=1S/C46H49N3O7/c1-30(51)39(23-31-11-6-4-7-12-31)48-46(52)47-38-16-10-15-36(24-38)45-55-42(28-49-22-21-35-25-40(53-2)41(54-3)26-37(35)27-49)43(33-13-8-5-9-14-33)44(56-45)34-19-17-32(29-50)18-20-34/h4-20,24-26,39,42-45,50H,21-23,27-29H2,1-3H3,(H2,47,48,52)/t39-,42-,43-,44+,45?/m1/s1. The molecule has 0 saturated carbocycles. The van der Waals surface area contributed by atoms with Crippen LogP contribution < -0.4 is 20.1 Å². The number of carbonyl (C=O) groups is 2. The molecule has 1 unspecified atom stereocenters. The summed E-state index contributed by atoms with van der Waals surface area (Å²) in [6, 6.07) is 38.3. The maximum atomic E-state index is 13.3. The summed E-state index contributed by atoms with van der Waals surface area (Å²) in [7, 11) is 3.32. The molecule has 0 radical (unpaired) electrons. The van der Waals surface area contributed by atoms with Gasteiger partial charge in [0, 0.05) is 36.8 Å². The van der Waals surface area contributed by atoms with E-state index in [0.717, 1.165) is 53.1 Å². The van der Waals surface area contributed by atoms with E-state index in [2.05, 4.69) is 39.8 Å². The van der Waals surface area contributed by atoms with Gasteiger partial charge in [-0.15, -0.1) is 0 Å². The smallest absolute Gasteiger partial charge is 0.319 e. The number of Topliss-reactive ketones (excluding diaryl/α,β-unsaturated/α-hetero) is 1. The second-order valence-corrected chi connectivity index (χ2v) is 14.4. The summed E-state index contributed by atoms with van der Waals surface area (Å²) >= 11 is 0. The van der Waals surface area contributed by atoms with Crippen molar-refractivity contribution in [2.24, 2.45) is 0 Å². The van der Waals surface area contributed by atoms with Crippen molar-refractivity contribution < 1.29 is 33.6 Å². The Morgan fingerprint density at radius 3 is 2.14 bits per heavy atom. The summed E-state index contributed by atoms with van der Waals surface area (Å²) in [6.07, 6.45) is -0.214. The van der Waals surface area contributed by atoms with Gasteiger partial charge in [0.25, 0.3) is 0 Å². The van der Waals surface area contributed by atoms with E-state index in [1.165, 1.54) is 18.1 Å². The van der Waals surface area contributed by atoms with Crippen LogP contribution >= 0.6 is 0 Å². The molecular formula is C46H49N3O7. The molecule has 2 heterocycles. The molecule has 7 rings (SSSR count). The van der Waals surface area contributed by atoms with Gasteiger partial charge >= 0.3 is 6.03 Å². The van der Waals surface area contributed by atoms with Crippen LogP contribution in [0.3, 0.4) is 0 Å². The van der Waals surface area contributed by atoms with E-state index >= 15 is 0 Å². The maximum Gasteiger partial charge on any atom is 0.319 e. The Morgan fingerprint density at radius 1 is 0.786 bits per heavy atom. The van der Waals surface area contributed by atoms with Crippen LogP contribution in [0.1, 0.15) is 64.2 Å². The zero-order chi connectivity index (χ0) is 39.0. The molecule has 2 amide bonds. The van der Waals surface area contributed by atoms with E-state index in [9.17, 15) is 14.7 Å². The molecule has 10 nitrogen and oxygen atoms in total. The predicted molar refractivity (Wildman–Crippen MR) is 215 cm³/mol. The molecule has 1 fully saturated rings. The van der Waals surface area contributed by atoms with E-state index in [0.29, 0.717) is 24.4 Å². The van der Waals surface area contributed by atoms with Crippen LogP contribution in [-0.2, 0) is 40.3 Å². The van der Waals surface area contributed by atoms with Crippen molar-refractivity contribution in [2.45, 2.75) is 63.4 Å². The van der Waals surface area contributed by atoms with Crippen molar-refractivity contribution in [1.29, 1.82) is 0 Å². The number of amides is 2. The van der Waals surface area contributed by atoms with Crippen LogP contribution in [0.2, 0.25) is 0 Å². The lowest BCUT2D eigenvalue weighted by molar-refractivity contribution is -0.263. The average molecular weight is 756 g/mol. The monoisotopic (exact) mass is 755 g/mol. The minimum Gasteiger partial charge on any atom is -0.493 e. The topological polar surface area (TPSA) is 119 Å². The van der Waals surface area contributed by atoms with Gasteiger partial charge in [-0.25, -0.2) is 4.79 Å². The molecule has 5 atom stereocenters. The number of nitrogens with zero attached hydrogens (tertiary/aromatic N) is 1. The zero-order valence-corrected chi connectivity index (χ0v) is 32.0. The van der Waals surface area contributed by atoms with Gasteiger partial charge in [0.05, 0.1) is 39.1 Å². The van der Waals surface area contributed by atoms with Crippen molar-refractivity contribution in [1.82, 2.24) is 10.2 Å². The number of hydrogen-bond acceptors (Lipinski definition) is 8. The van der Waals surface area contributed by atoms with Crippen LogP contribution in [0.25, 0.3) is 0 Å². The highest BCUT2D eigenvalue weighted by atomic mass is 16.7. The van der Waals surface area contributed by atoms with E-state index in [1.807, 2.05) is 91.0 Å². The highest BCUT2D eigenvalue weighted by Gasteiger charge is 2.43. The third kappa shape index (κ3) is 9.12. The van der Waals surface area contributed by atoms with Gasteiger partial charge < -0.3 is 34.7 Å². The van der Waals surface area contributed by atoms with Crippen LogP contribution in [0, 0.1) is 0 Å². The van der Waals surface area contributed by atoms with Crippen LogP contribution in [0.5, 0.6) is 11.5 Å². The fourth-order valence-electron chi connectivity index (χ4n) is 7.75. The number of ketones is 1. The highest BCUT2D eigenvalue weighted by Crippen LogP contribution is 2.47. The minimum atomic E-state index is -0.767. The number of aliphatic hydroxyl groups excluding tert-OH is 1. The lowest BCUT2D eigenvalue weighted by atomic mass is 9.82. The molecule has 0 spiro atoms. The van der Waals surface area contributed by atoms with Crippen molar-refractivity contribution in [3.05, 3.63) is 160 Å². The normalized spacial score (nSPS) is 20.0. The van der Waals surface area contributed by atoms with Crippen LogP contribution in [0.4, 0.5) is 10.5 Å². The first kappa shape index (κ1) is 38.7. The molecule has 56 heavy (non-hydrogen) atoms. The van der Waals surface area contributed by atoms with Gasteiger partial charge in [0.2, 0.25) is 0 Å². The van der Waals surface area contributed by atoms with Crippen molar-refractivity contribution in [3.63, 3.8) is 0 Å². The number of hydrogen-bond donors (Lipinski definition) is 3. The molecule has 5 aromatic carbocycles. The Hall–Kier alpha value is -5.52. The minimum absolute atomic E-state index is 0.0534. The molecule has 290 valence electrons. The molecule has 3 N–H and O–H groups in total. The first-order valence-electron chi connectivity index (χ1n) is 19.1. The molecule has 10 heteroatoms. The van der Waals surface area contributed by atoms with Gasteiger partial charge in [-0.3, -0.25) is 9.69 Å². The number of ether oxygens (including phenoxy) is 4. The van der Waals surface area contributed by atoms with Crippen LogP contribution in [-0.4, -0.2) is 61.3 Å². The molecule has 1 saturated heterocycles. The number of nitrogens with one attached hydrogen (secondary N) is 2. The summed E-state index contributed by atoms with van der Waals surface area (Å²) in [4.78, 5) is 28.2. The summed E-state index contributed by atoms with van der Waals surface area (Å²) in [5.74, 6) is 1.14. The predicted octanol–water partition coefficient (Wildman–Crippen LogP) is 7.52. The van der Waals surface area contributed by atoms with Crippen molar-refractivity contribution in [2.75, 3.05) is 32.6 Å². The number of rotatable bonds is 13. The summed E-state index contributed by atoms with van der Waals surface area (Å²) in [6.45, 7) is 3.62. The number of anilines is 1. The number of benzene rings is 5. The first-order chi connectivity index (χ1) is 27.3. The Labute approximate surface area is 328 Å². The third-order valence-corrected chi connectivity index (χ3v) is 10.7. The van der Waals surface area contributed by atoms with E-state index in [4.69, 9.17) is 18.9 Å². The molecular weight excluding hydrogens is 707 g/mol. The van der Waals surface area contributed by atoms with Gasteiger partial charge in [-0.2, -0.15) is 0 Å². The molecule has 0 aromatic heterocycles. The average Bonchev–Trinajstić information content (AvgIpc) is 3.23. The fraction of sp³-hybridized carbons (Fsp3) is 0.304. The quantitative estimate of drug-likeness (QED) is 0.113. The van der Waals surface area contributed by atoms with Crippen molar-refractivity contribution in [3.8, 4) is 11.5 Å². The Kier molecular flexibility index (Phi) is 12.4. The lowest BCUT2D eigenvalue weighted by Gasteiger charge is -2.45. The lowest BCUT2D eigenvalue weighted by Crippen LogP contribution is -2.45. The number of aliphatic hydroxyl groups is 1. The maximum absolute atomic E-state index is 13.3. The van der Waals surface area contributed by atoms with E-state index in [1.54, 1.807) is 20.3 Å². The first-order valence-corrected chi connectivity index (χ1v) is 19.1. The number of methoxy groups -OCH3 is 2. The zero-order valence-electron chi connectivity index (χ0n) is 32.0. The molecule has 2 aliphatic rings. The SMILES string of the molecule is COc1cc2c(cc1OC)CN(C[C@H]1OC(c3cccc(NC(=O)N[C@H](Cc4ccccc4)C(C)=O)c3)O[C@@H](c3ccc(CO)cc3)[C@@H]1c1ccccc1)CC2. The molecule has 0 bridgehead atoms. The fourth-order valence-corrected chi connectivity index (χ4v) is 7.75. The summed E-state index contributed by atoms with van der Waals surface area (Å²) < 4.78 is 25.2. The van der Waals surface area contributed by atoms with E-state index in [-0.39, 0.29) is 24.4 Å². The number of carbonyl (C=O) groups excluding carboxylic acids is 2.